The Labute approximate surface area is 236 Å². The summed E-state index contributed by atoms with van der Waals surface area (Å²) in [5, 5.41) is 17.2. The van der Waals surface area contributed by atoms with Gasteiger partial charge >= 0.3 is 5.97 Å². The van der Waals surface area contributed by atoms with Crippen molar-refractivity contribution >= 4 is 29.6 Å². The molecule has 2 aromatic rings. The summed E-state index contributed by atoms with van der Waals surface area (Å²) >= 11 is 0. The second kappa shape index (κ2) is 12.5. The van der Waals surface area contributed by atoms with Gasteiger partial charge in [-0.05, 0) is 42.5 Å². The largest absolute Gasteiger partial charge is 0.433 e. The fraction of sp³-hybridized carbons (Fsp3) is 0.414. The number of esters is 1. The van der Waals surface area contributed by atoms with Crippen molar-refractivity contribution in [3.8, 4) is 0 Å². The number of amides is 4. The SMILES string of the molecule is O=C1C[C@H](NC(=O)[C@@H]2CCCN3C(=O)CC[C@H](NC(=O)c4ccc(CO)cc4)C(=O)N23)C(OCc2ccccc2)O1. The second-order valence-corrected chi connectivity index (χ2v) is 10.3. The molecule has 1 unspecified atom stereocenters. The molecular weight excluding hydrogens is 532 g/mol. The van der Waals surface area contributed by atoms with Gasteiger partial charge in [0.15, 0.2) is 0 Å². The fourth-order valence-corrected chi connectivity index (χ4v) is 5.25. The molecule has 216 valence electrons. The van der Waals surface area contributed by atoms with E-state index >= 15 is 0 Å². The minimum Gasteiger partial charge on any atom is -0.433 e. The summed E-state index contributed by atoms with van der Waals surface area (Å²) < 4.78 is 11.1. The summed E-state index contributed by atoms with van der Waals surface area (Å²) in [7, 11) is 0. The van der Waals surface area contributed by atoms with E-state index in [9.17, 15) is 29.1 Å². The molecule has 5 rings (SSSR count). The molecule has 0 aliphatic carbocycles. The first-order valence-electron chi connectivity index (χ1n) is 13.6. The zero-order chi connectivity index (χ0) is 28.9. The third kappa shape index (κ3) is 6.39. The Morgan fingerprint density at radius 1 is 0.976 bits per heavy atom. The maximum absolute atomic E-state index is 13.7. The van der Waals surface area contributed by atoms with Crippen LogP contribution in [0.5, 0.6) is 0 Å². The lowest BCUT2D eigenvalue weighted by atomic mass is 10.0. The Morgan fingerprint density at radius 3 is 2.46 bits per heavy atom. The summed E-state index contributed by atoms with van der Waals surface area (Å²) in [5.41, 5.74) is 1.80. The van der Waals surface area contributed by atoms with Crippen molar-refractivity contribution in [3.63, 3.8) is 0 Å². The smallest absolute Gasteiger partial charge is 0.310 e. The lowest BCUT2D eigenvalue weighted by molar-refractivity contribution is -0.177. The zero-order valence-corrected chi connectivity index (χ0v) is 22.4. The van der Waals surface area contributed by atoms with Crippen LogP contribution < -0.4 is 10.6 Å². The number of aliphatic hydroxyl groups is 1. The van der Waals surface area contributed by atoms with Crippen LogP contribution in [0.1, 0.15) is 53.6 Å². The monoisotopic (exact) mass is 564 g/mol. The molecular formula is C29H32N4O8. The van der Waals surface area contributed by atoms with Crippen LogP contribution in [0.4, 0.5) is 0 Å². The van der Waals surface area contributed by atoms with Gasteiger partial charge in [0, 0.05) is 18.5 Å². The van der Waals surface area contributed by atoms with Crippen molar-refractivity contribution < 1.29 is 38.6 Å². The number of ether oxygens (including phenoxy) is 2. The second-order valence-electron chi connectivity index (χ2n) is 10.3. The third-order valence-electron chi connectivity index (χ3n) is 7.42. The summed E-state index contributed by atoms with van der Waals surface area (Å²) in [6.07, 6.45) is -0.206. The van der Waals surface area contributed by atoms with E-state index in [-0.39, 0.29) is 44.9 Å². The molecule has 2 aromatic carbocycles. The number of hydrogen-bond acceptors (Lipinski definition) is 8. The Morgan fingerprint density at radius 2 is 1.73 bits per heavy atom. The van der Waals surface area contributed by atoms with Crippen molar-refractivity contribution in [3.05, 3.63) is 71.3 Å². The van der Waals surface area contributed by atoms with Crippen molar-refractivity contribution in [2.45, 2.75) is 69.7 Å². The van der Waals surface area contributed by atoms with E-state index in [0.29, 0.717) is 24.0 Å². The topological polar surface area (TPSA) is 155 Å². The number of nitrogens with zero attached hydrogens (tertiary/aromatic N) is 2. The molecule has 3 saturated heterocycles. The number of rotatable bonds is 8. The standard InChI is InChI=1S/C29H32N4O8/c34-16-18-8-10-20(11-9-18)26(37)30-21-12-13-24(35)32-14-4-7-23(33(32)28(21)39)27(38)31-22-15-25(36)41-29(22)40-17-19-5-2-1-3-6-19/h1-3,5-6,8-11,21-23,29,34H,4,7,12-17H2,(H,30,37)(H,31,38)/t21-,22-,23-,29?/m0/s1. The van der Waals surface area contributed by atoms with Gasteiger partial charge in [0.25, 0.3) is 11.8 Å². The van der Waals surface area contributed by atoms with Crippen molar-refractivity contribution in [2.24, 2.45) is 0 Å². The van der Waals surface area contributed by atoms with E-state index < -0.39 is 48.1 Å². The van der Waals surface area contributed by atoms with Crippen LogP contribution in [0.15, 0.2) is 54.6 Å². The van der Waals surface area contributed by atoms with Gasteiger partial charge in [-0.1, -0.05) is 42.5 Å². The number of carbonyl (C=O) groups is 5. The highest BCUT2D eigenvalue weighted by atomic mass is 16.7. The highest BCUT2D eigenvalue weighted by Crippen LogP contribution is 2.26. The van der Waals surface area contributed by atoms with Crippen LogP contribution in [0.25, 0.3) is 0 Å². The highest BCUT2D eigenvalue weighted by molar-refractivity contribution is 5.99. The van der Waals surface area contributed by atoms with Gasteiger partial charge in [-0.2, -0.15) is 0 Å². The van der Waals surface area contributed by atoms with Crippen molar-refractivity contribution in [1.82, 2.24) is 20.7 Å². The van der Waals surface area contributed by atoms with Gasteiger partial charge in [0.1, 0.15) is 18.1 Å². The quantitative estimate of drug-likeness (QED) is 0.398. The number of benzene rings is 2. The number of hydrogen-bond donors (Lipinski definition) is 3. The van der Waals surface area contributed by atoms with Crippen LogP contribution in [0, 0.1) is 0 Å². The summed E-state index contributed by atoms with van der Waals surface area (Å²) in [6.45, 7) is 0.275. The molecule has 3 aliphatic heterocycles. The Bertz CT molecular complexity index is 1300. The Hall–Kier alpha value is -4.29. The number of hydrazine groups is 1. The minimum atomic E-state index is -1.03. The molecule has 3 aliphatic rings. The molecule has 0 bridgehead atoms. The van der Waals surface area contributed by atoms with E-state index in [1.807, 2.05) is 30.3 Å². The van der Waals surface area contributed by atoms with E-state index in [1.54, 1.807) is 12.1 Å². The Kier molecular flexibility index (Phi) is 8.60. The number of cyclic esters (lactones) is 1. The number of fused-ring (bicyclic) bond motifs is 1. The summed E-state index contributed by atoms with van der Waals surface area (Å²) in [6, 6.07) is 12.8. The molecule has 0 aromatic heterocycles. The van der Waals surface area contributed by atoms with Gasteiger partial charge in [-0.3, -0.25) is 29.0 Å². The first kappa shape index (κ1) is 28.2. The predicted octanol–water partition coefficient (Wildman–Crippen LogP) is 0.780. The number of aliphatic hydroxyl groups excluding tert-OH is 1. The van der Waals surface area contributed by atoms with Gasteiger partial charge in [-0.25, -0.2) is 5.01 Å². The molecule has 3 N–H and O–H groups in total. The third-order valence-corrected chi connectivity index (χ3v) is 7.42. The fourth-order valence-electron chi connectivity index (χ4n) is 5.25. The van der Waals surface area contributed by atoms with Gasteiger partial charge in [0.2, 0.25) is 18.1 Å². The molecule has 3 fully saturated rings. The average Bonchev–Trinajstić information content (AvgIpc) is 3.30. The normalized spacial score (nSPS) is 24.4. The molecule has 3 heterocycles. The molecule has 0 spiro atoms. The van der Waals surface area contributed by atoms with E-state index in [0.717, 1.165) is 10.6 Å². The van der Waals surface area contributed by atoms with Gasteiger partial charge in [-0.15, -0.1) is 0 Å². The molecule has 12 nitrogen and oxygen atoms in total. The lowest BCUT2D eigenvalue weighted by Gasteiger charge is -2.43. The van der Waals surface area contributed by atoms with Gasteiger partial charge in [0.05, 0.1) is 19.6 Å². The molecule has 0 radical (unpaired) electrons. The summed E-state index contributed by atoms with van der Waals surface area (Å²) in [4.78, 5) is 65.2. The molecule has 41 heavy (non-hydrogen) atoms. The van der Waals surface area contributed by atoms with Crippen LogP contribution >= 0.6 is 0 Å². The molecule has 4 atom stereocenters. The number of carbonyl (C=O) groups excluding carboxylic acids is 5. The van der Waals surface area contributed by atoms with Crippen LogP contribution in [-0.2, 0) is 41.9 Å². The van der Waals surface area contributed by atoms with E-state index in [4.69, 9.17) is 9.47 Å². The summed E-state index contributed by atoms with van der Waals surface area (Å²) in [5.74, 6) is -2.45. The van der Waals surface area contributed by atoms with E-state index in [2.05, 4.69) is 10.6 Å². The minimum absolute atomic E-state index is 0.0192. The molecule has 4 amide bonds. The zero-order valence-electron chi connectivity index (χ0n) is 22.4. The molecule has 12 heteroatoms. The van der Waals surface area contributed by atoms with Crippen LogP contribution in [0.3, 0.4) is 0 Å². The van der Waals surface area contributed by atoms with Crippen molar-refractivity contribution in [1.29, 1.82) is 0 Å². The van der Waals surface area contributed by atoms with Gasteiger partial charge < -0.3 is 25.2 Å². The lowest BCUT2D eigenvalue weighted by Crippen LogP contribution is -2.64. The Balaban J connectivity index is 1.28. The first-order chi connectivity index (χ1) is 19.8. The maximum atomic E-state index is 13.7. The average molecular weight is 565 g/mol. The first-order valence-corrected chi connectivity index (χ1v) is 13.6. The van der Waals surface area contributed by atoms with Crippen LogP contribution in [-0.4, -0.2) is 75.7 Å². The van der Waals surface area contributed by atoms with Crippen molar-refractivity contribution in [2.75, 3.05) is 6.54 Å². The number of nitrogens with one attached hydrogen (secondary N) is 2. The van der Waals surface area contributed by atoms with E-state index in [1.165, 1.54) is 17.1 Å². The van der Waals surface area contributed by atoms with Crippen LogP contribution in [0.2, 0.25) is 0 Å². The predicted molar refractivity (Wildman–Crippen MR) is 142 cm³/mol. The maximum Gasteiger partial charge on any atom is 0.310 e. The highest BCUT2D eigenvalue weighted by Gasteiger charge is 2.46. The molecule has 0 saturated carbocycles.